The molecule has 3 rings (SSSR count). The first-order valence-electron chi connectivity index (χ1n) is 9.81. The molecule has 0 aliphatic carbocycles. The molecule has 28 heavy (non-hydrogen) atoms. The molecule has 0 atom stereocenters. The standard InChI is InChI=1S/C20H28N6O2/c1-4-5-8-15-25-17-18(16-14(24-19(17)21)7-6-9-22-16)26(15)11-10-23-20(27)28-12-13(2)3/h6-7,9,13H,4-5,8,10-12H2,1-3H3,(H2,21,24)(H,23,27). The van der Waals surface area contributed by atoms with Gasteiger partial charge in [-0.25, -0.2) is 14.8 Å². The van der Waals surface area contributed by atoms with Crippen molar-refractivity contribution in [1.29, 1.82) is 0 Å². The number of aromatic nitrogens is 4. The van der Waals surface area contributed by atoms with E-state index in [0.29, 0.717) is 36.9 Å². The van der Waals surface area contributed by atoms with Gasteiger partial charge in [0.05, 0.1) is 12.1 Å². The summed E-state index contributed by atoms with van der Waals surface area (Å²) < 4.78 is 7.28. The van der Waals surface area contributed by atoms with E-state index in [9.17, 15) is 4.79 Å². The van der Waals surface area contributed by atoms with E-state index in [0.717, 1.165) is 41.6 Å². The SMILES string of the molecule is CCCCc1nc2c(N)nc3cccnc3c2n1CCNC(=O)OCC(C)C. The summed E-state index contributed by atoms with van der Waals surface area (Å²) in [6.45, 7) is 7.53. The summed E-state index contributed by atoms with van der Waals surface area (Å²) in [5, 5.41) is 2.81. The van der Waals surface area contributed by atoms with Gasteiger partial charge in [-0.2, -0.15) is 0 Å². The molecule has 1 amide bonds. The van der Waals surface area contributed by atoms with Gasteiger partial charge in [-0.3, -0.25) is 4.98 Å². The third-order valence-electron chi connectivity index (χ3n) is 4.45. The highest BCUT2D eigenvalue weighted by atomic mass is 16.5. The molecule has 0 aromatic carbocycles. The molecule has 0 aliphatic rings. The average molecular weight is 384 g/mol. The summed E-state index contributed by atoms with van der Waals surface area (Å²) in [7, 11) is 0. The molecule has 0 saturated heterocycles. The van der Waals surface area contributed by atoms with E-state index in [1.807, 2.05) is 26.0 Å². The van der Waals surface area contributed by atoms with E-state index in [2.05, 4.69) is 26.8 Å². The lowest BCUT2D eigenvalue weighted by Crippen LogP contribution is -2.29. The van der Waals surface area contributed by atoms with Crippen LogP contribution in [0.3, 0.4) is 0 Å². The second-order valence-corrected chi connectivity index (χ2v) is 7.27. The minimum Gasteiger partial charge on any atom is -0.449 e. The van der Waals surface area contributed by atoms with E-state index in [1.54, 1.807) is 6.20 Å². The molecule has 0 spiro atoms. The van der Waals surface area contributed by atoms with Crippen LogP contribution in [0, 0.1) is 5.92 Å². The predicted octanol–water partition coefficient (Wildman–Crippen LogP) is 3.29. The summed E-state index contributed by atoms with van der Waals surface area (Å²) in [6, 6.07) is 3.73. The van der Waals surface area contributed by atoms with E-state index < -0.39 is 6.09 Å². The number of hydrogen-bond acceptors (Lipinski definition) is 6. The van der Waals surface area contributed by atoms with Crippen LogP contribution in [-0.4, -0.2) is 38.8 Å². The number of nitrogens with two attached hydrogens (primary N) is 1. The van der Waals surface area contributed by atoms with Crippen molar-refractivity contribution < 1.29 is 9.53 Å². The second kappa shape index (κ2) is 8.86. The lowest BCUT2D eigenvalue weighted by atomic mass is 10.2. The monoisotopic (exact) mass is 384 g/mol. The number of ether oxygens (including phenoxy) is 1. The molecular formula is C20H28N6O2. The van der Waals surface area contributed by atoms with Crippen molar-refractivity contribution in [3.05, 3.63) is 24.2 Å². The van der Waals surface area contributed by atoms with Crippen molar-refractivity contribution in [3.63, 3.8) is 0 Å². The largest absolute Gasteiger partial charge is 0.449 e. The number of aryl methyl sites for hydroxylation is 1. The first kappa shape index (κ1) is 19.9. The van der Waals surface area contributed by atoms with Crippen LogP contribution in [0.4, 0.5) is 10.6 Å². The summed E-state index contributed by atoms with van der Waals surface area (Å²) in [5.41, 5.74) is 9.21. The summed E-state index contributed by atoms with van der Waals surface area (Å²) >= 11 is 0. The maximum atomic E-state index is 11.9. The van der Waals surface area contributed by atoms with Gasteiger partial charge in [0.1, 0.15) is 22.4 Å². The molecule has 150 valence electrons. The Labute approximate surface area is 164 Å². The van der Waals surface area contributed by atoms with Crippen molar-refractivity contribution in [2.75, 3.05) is 18.9 Å². The third kappa shape index (κ3) is 4.32. The van der Waals surface area contributed by atoms with Gasteiger partial charge in [0, 0.05) is 25.7 Å². The van der Waals surface area contributed by atoms with Crippen LogP contribution < -0.4 is 11.1 Å². The smallest absolute Gasteiger partial charge is 0.407 e. The number of amides is 1. The normalized spacial score (nSPS) is 11.4. The Balaban J connectivity index is 1.91. The molecule has 3 heterocycles. The highest BCUT2D eigenvalue weighted by molar-refractivity contribution is 6.04. The molecule has 0 bridgehead atoms. The molecule has 0 aliphatic heterocycles. The average Bonchev–Trinajstić information content (AvgIpc) is 3.04. The number of carbonyl (C=O) groups is 1. The number of alkyl carbamates (subject to hydrolysis) is 1. The fourth-order valence-electron chi connectivity index (χ4n) is 3.10. The van der Waals surface area contributed by atoms with Crippen LogP contribution >= 0.6 is 0 Å². The van der Waals surface area contributed by atoms with Gasteiger partial charge >= 0.3 is 6.09 Å². The Bertz CT molecular complexity index is 966. The van der Waals surface area contributed by atoms with Crippen molar-refractivity contribution in [2.45, 2.75) is 46.6 Å². The van der Waals surface area contributed by atoms with Crippen LogP contribution in [0.1, 0.15) is 39.4 Å². The summed E-state index contributed by atoms with van der Waals surface area (Å²) in [6.07, 6.45) is 4.25. The lowest BCUT2D eigenvalue weighted by molar-refractivity contribution is 0.132. The number of hydrogen-bond donors (Lipinski definition) is 2. The number of imidazole rings is 1. The number of pyridine rings is 2. The van der Waals surface area contributed by atoms with Crippen molar-refractivity contribution >= 4 is 34.0 Å². The Morgan fingerprint density at radius 2 is 2.14 bits per heavy atom. The highest BCUT2D eigenvalue weighted by Crippen LogP contribution is 2.27. The van der Waals surface area contributed by atoms with Gasteiger partial charge < -0.3 is 20.4 Å². The summed E-state index contributed by atoms with van der Waals surface area (Å²) in [5.74, 6) is 1.63. The van der Waals surface area contributed by atoms with Crippen LogP contribution in [0.5, 0.6) is 0 Å². The Kier molecular flexibility index (Phi) is 6.28. The minimum atomic E-state index is -0.405. The number of fused-ring (bicyclic) bond motifs is 3. The molecule has 8 nitrogen and oxygen atoms in total. The maximum absolute atomic E-state index is 11.9. The molecule has 0 radical (unpaired) electrons. The molecule has 0 saturated carbocycles. The minimum absolute atomic E-state index is 0.303. The molecule has 3 aromatic heterocycles. The first-order valence-corrected chi connectivity index (χ1v) is 9.81. The van der Waals surface area contributed by atoms with Gasteiger partial charge in [0.15, 0.2) is 5.82 Å². The lowest BCUT2D eigenvalue weighted by Gasteiger charge is -2.12. The van der Waals surface area contributed by atoms with Gasteiger partial charge in [-0.05, 0) is 24.5 Å². The third-order valence-corrected chi connectivity index (χ3v) is 4.45. The number of nitrogens with zero attached hydrogens (tertiary/aromatic N) is 4. The van der Waals surface area contributed by atoms with E-state index in [1.165, 1.54) is 0 Å². The van der Waals surface area contributed by atoms with Crippen LogP contribution in [0.25, 0.3) is 22.1 Å². The molecule has 0 unspecified atom stereocenters. The van der Waals surface area contributed by atoms with Gasteiger partial charge in [0.2, 0.25) is 0 Å². The second-order valence-electron chi connectivity index (χ2n) is 7.27. The molecular weight excluding hydrogens is 356 g/mol. The first-order chi connectivity index (χ1) is 13.5. The maximum Gasteiger partial charge on any atom is 0.407 e. The van der Waals surface area contributed by atoms with E-state index in [4.69, 9.17) is 15.5 Å². The predicted molar refractivity (Wildman–Crippen MR) is 110 cm³/mol. The zero-order chi connectivity index (χ0) is 20.1. The number of unbranched alkanes of at least 4 members (excludes halogenated alkanes) is 1. The number of nitrogens with one attached hydrogen (secondary N) is 1. The van der Waals surface area contributed by atoms with Gasteiger partial charge in [0.25, 0.3) is 0 Å². The highest BCUT2D eigenvalue weighted by Gasteiger charge is 2.18. The van der Waals surface area contributed by atoms with Crippen LogP contribution in [0.2, 0.25) is 0 Å². The van der Waals surface area contributed by atoms with Gasteiger partial charge in [-0.1, -0.05) is 27.2 Å². The Hall–Kier alpha value is -2.90. The van der Waals surface area contributed by atoms with Crippen LogP contribution in [-0.2, 0) is 17.7 Å². The van der Waals surface area contributed by atoms with Crippen molar-refractivity contribution in [3.8, 4) is 0 Å². The van der Waals surface area contributed by atoms with E-state index in [-0.39, 0.29) is 0 Å². The zero-order valence-corrected chi connectivity index (χ0v) is 16.7. The fraction of sp³-hybridized carbons (Fsp3) is 0.500. The van der Waals surface area contributed by atoms with E-state index >= 15 is 0 Å². The topological polar surface area (TPSA) is 108 Å². The Morgan fingerprint density at radius 1 is 1.32 bits per heavy atom. The quantitative estimate of drug-likeness (QED) is 0.617. The number of rotatable bonds is 8. The van der Waals surface area contributed by atoms with Crippen molar-refractivity contribution in [1.82, 2.24) is 24.8 Å². The van der Waals surface area contributed by atoms with Crippen molar-refractivity contribution in [2.24, 2.45) is 5.92 Å². The molecule has 0 fully saturated rings. The number of carbonyl (C=O) groups excluding carboxylic acids is 1. The molecule has 3 N–H and O–H groups in total. The zero-order valence-electron chi connectivity index (χ0n) is 16.7. The van der Waals surface area contributed by atoms with Gasteiger partial charge in [-0.15, -0.1) is 0 Å². The summed E-state index contributed by atoms with van der Waals surface area (Å²) in [4.78, 5) is 25.6. The number of anilines is 1. The van der Waals surface area contributed by atoms with Crippen LogP contribution in [0.15, 0.2) is 18.3 Å². The Morgan fingerprint density at radius 3 is 2.89 bits per heavy atom. The number of nitrogen functional groups attached to an aromatic ring is 1. The fourth-order valence-corrected chi connectivity index (χ4v) is 3.10. The molecule has 3 aromatic rings. The molecule has 8 heteroatoms.